The molecule has 1 aromatic carbocycles. The van der Waals surface area contributed by atoms with Gasteiger partial charge in [-0.25, -0.2) is 9.97 Å². The van der Waals surface area contributed by atoms with Gasteiger partial charge in [0, 0.05) is 36.6 Å². The number of hydrogen-bond donors (Lipinski definition) is 1. The number of halogens is 3. The molecule has 2 aliphatic rings. The Morgan fingerprint density at radius 2 is 2.03 bits per heavy atom. The number of carbonyl (C=O) groups is 1. The highest BCUT2D eigenvalue weighted by atomic mass is 19.4. The minimum atomic E-state index is -4.57. The second-order valence-corrected chi connectivity index (χ2v) is 7.68. The first kappa shape index (κ1) is 20.4. The monoisotopic (exact) mass is 420 g/mol. The fourth-order valence-electron chi connectivity index (χ4n) is 4.04. The number of carbonyl (C=O) groups excluding carboxylic acids is 1. The molecule has 1 amide bonds. The van der Waals surface area contributed by atoms with Crippen molar-refractivity contribution >= 4 is 17.5 Å². The summed E-state index contributed by atoms with van der Waals surface area (Å²) in [6.45, 7) is 1.93. The van der Waals surface area contributed by atoms with Crippen LogP contribution >= 0.6 is 0 Å². The van der Waals surface area contributed by atoms with Gasteiger partial charge in [0.1, 0.15) is 5.75 Å². The number of anilines is 2. The van der Waals surface area contributed by atoms with Gasteiger partial charge >= 0.3 is 6.18 Å². The summed E-state index contributed by atoms with van der Waals surface area (Å²) in [6, 6.07) is 3.52. The van der Waals surface area contributed by atoms with E-state index < -0.39 is 11.7 Å². The minimum absolute atomic E-state index is 0.0968. The van der Waals surface area contributed by atoms with E-state index in [1.165, 1.54) is 19.2 Å². The van der Waals surface area contributed by atoms with E-state index >= 15 is 0 Å². The standard InChI is InChI=1S/C21H23F3N4O2/c1-30-18-7-5-15(11-16(18)21(22,23)24)26-19(29)13-4-6-17-14(10-13)12-25-20(27-17)28-8-2-3-9-28/h5,7,11-13H,2-4,6,8-10H2,1H3,(H,26,29)/t13-/m1/s1. The zero-order chi connectivity index (χ0) is 21.3. The number of ether oxygens (including phenoxy) is 1. The van der Waals surface area contributed by atoms with E-state index in [-0.39, 0.29) is 23.3 Å². The first-order valence-electron chi connectivity index (χ1n) is 10.0. The third kappa shape index (κ3) is 4.20. The van der Waals surface area contributed by atoms with E-state index in [0.717, 1.165) is 49.2 Å². The van der Waals surface area contributed by atoms with Gasteiger partial charge in [-0.05, 0) is 55.9 Å². The fraction of sp³-hybridized carbons (Fsp3) is 0.476. The van der Waals surface area contributed by atoms with Crippen LogP contribution in [-0.4, -0.2) is 36.1 Å². The van der Waals surface area contributed by atoms with Crippen LogP contribution in [0.25, 0.3) is 0 Å². The van der Waals surface area contributed by atoms with Gasteiger partial charge in [-0.15, -0.1) is 0 Å². The molecule has 9 heteroatoms. The van der Waals surface area contributed by atoms with Crippen molar-refractivity contribution < 1.29 is 22.7 Å². The Kier molecular flexibility index (Phi) is 5.53. The molecule has 4 rings (SSSR count). The quantitative estimate of drug-likeness (QED) is 0.814. The van der Waals surface area contributed by atoms with Crippen LogP contribution in [0, 0.1) is 5.92 Å². The molecule has 0 spiro atoms. The molecule has 1 N–H and O–H groups in total. The molecular weight excluding hydrogens is 397 g/mol. The second kappa shape index (κ2) is 8.12. The van der Waals surface area contributed by atoms with Gasteiger partial charge in [-0.1, -0.05) is 0 Å². The molecule has 0 saturated carbocycles. The van der Waals surface area contributed by atoms with Gasteiger partial charge in [0.05, 0.1) is 12.7 Å². The third-order valence-electron chi connectivity index (χ3n) is 5.67. The van der Waals surface area contributed by atoms with Crippen LogP contribution in [-0.2, 0) is 23.8 Å². The molecule has 30 heavy (non-hydrogen) atoms. The minimum Gasteiger partial charge on any atom is -0.496 e. The Hall–Kier alpha value is -2.84. The van der Waals surface area contributed by atoms with Crippen molar-refractivity contribution in [3.8, 4) is 5.75 Å². The van der Waals surface area contributed by atoms with Crippen LogP contribution < -0.4 is 15.0 Å². The van der Waals surface area contributed by atoms with E-state index in [4.69, 9.17) is 4.74 Å². The molecule has 0 unspecified atom stereocenters. The average molecular weight is 420 g/mol. The molecule has 2 aromatic rings. The number of nitrogens with zero attached hydrogens (tertiary/aromatic N) is 3. The van der Waals surface area contributed by atoms with Crippen LogP contribution in [0.4, 0.5) is 24.8 Å². The zero-order valence-corrected chi connectivity index (χ0v) is 16.6. The number of nitrogens with one attached hydrogen (secondary N) is 1. The number of amides is 1. The highest BCUT2D eigenvalue weighted by molar-refractivity contribution is 5.93. The Balaban J connectivity index is 1.45. The Morgan fingerprint density at radius 3 is 2.73 bits per heavy atom. The number of aromatic nitrogens is 2. The second-order valence-electron chi connectivity index (χ2n) is 7.68. The summed E-state index contributed by atoms with van der Waals surface area (Å²) < 4.78 is 44.4. The molecular formula is C21H23F3N4O2. The van der Waals surface area contributed by atoms with Crippen LogP contribution in [0.5, 0.6) is 5.75 Å². The first-order chi connectivity index (χ1) is 14.3. The SMILES string of the molecule is COc1ccc(NC(=O)[C@@H]2CCc3nc(N4CCCC4)ncc3C2)cc1C(F)(F)F. The topological polar surface area (TPSA) is 67.3 Å². The molecule has 1 aromatic heterocycles. The fourth-order valence-corrected chi connectivity index (χ4v) is 4.04. The molecule has 0 bridgehead atoms. The molecule has 1 atom stereocenters. The van der Waals surface area contributed by atoms with Crippen molar-refractivity contribution in [2.75, 3.05) is 30.4 Å². The number of fused-ring (bicyclic) bond motifs is 1. The number of rotatable bonds is 4. The number of hydrogen-bond acceptors (Lipinski definition) is 5. The van der Waals surface area contributed by atoms with Crippen molar-refractivity contribution in [3.63, 3.8) is 0 Å². The number of alkyl halides is 3. The average Bonchev–Trinajstić information content (AvgIpc) is 3.27. The van der Waals surface area contributed by atoms with E-state index in [1.54, 1.807) is 6.20 Å². The first-order valence-corrected chi connectivity index (χ1v) is 10.0. The van der Waals surface area contributed by atoms with Crippen molar-refractivity contribution in [2.24, 2.45) is 5.92 Å². The summed E-state index contributed by atoms with van der Waals surface area (Å²) in [4.78, 5) is 24.0. The van der Waals surface area contributed by atoms with Crippen LogP contribution in [0.15, 0.2) is 24.4 Å². The Labute approximate surface area is 172 Å². The van der Waals surface area contributed by atoms with E-state index in [9.17, 15) is 18.0 Å². The lowest BCUT2D eigenvalue weighted by Crippen LogP contribution is -2.29. The molecule has 2 heterocycles. The molecule has 6 nitrogen and oxygen atoms in total. The Morgan fingerprint density at radius 1 is 1.27 bits per heavy atom. The summed E-state index contributed by atoms with van der Waals surface area (Å²) in [5, 5.41) is 2.62. The van der Waals surface area contributed by atoms with Crippen LogP contribution in [0.3, 0.4) is 0 Å². The third-order valence-corrected chi connectivity index (χ3v) is 5.67. The van der Waals surface area contributed by atoms with Gasteiger partial charge in [0.2, 0.25) is 11.9 Å². The number of benzene rings is 1. The van der Waals surface area contributed by atoms with Gasteiger partial charge in [0.25, 0.3) is 0 Å². The molecule has 0 radical (unpaired) electrons. The van der Waals surface area contributed by atoms with E-state index in [0.29, 0.717) is 19.3 Å². The molecule has 1 aliphatic heterocycles. The maximum Gasteiger partial charge on any atom is 0.420 e. The molecule has 1 saturated heterocycles. The zero-order valence-electron chi connectivity index (χ0n) is 16.6. The van der Waals surface area contributed by atoms with Crippen LogP contribution in [0.2, 0.25) is 0 Å². The summed E-state index contributed by atoms with van der Waals surface area (Å²) in [6.07, 6.45) is 1.22. The summed E-state index contributed by atoms with van der Waals surface area (Å²) in [5.74, 6) is -0.178. The van der Waals surface area contributed by atoms with Gasteiger partial charge in [-0.3, -0.25) is 4.79 Å². The summed E-state index contributed by atoms with van der Waals surface area (Å²) in [7, 11) is 1.18. The maximum atomic E-state index is 13.2. The van der Waals surface area contributed by atoms with Crippen molar-refractivity contribution in [2.45, 2.75) is 38.3 Å². The normalized spacial score (nSPS) is 18.8. The highest BCUT2D eigenvalue weighted by Gasteiger charge is 2.35. The van der Waals surface area contributed by atoms with Crippen molar-refractivity contribution in [1.82, 2.24) is 9.97 Å². The Bertz CT molecular complexity index is 942. The number of methoxy groups -OCH3 is 1. The lowest BCUT2D eigenvalue weighted by atomic mass is 9.86. The summed E-state index contributed by atoms with van der Waals surface area (Å²) in [5.41, 5.74) is 1.06. The predicted molar refractivity (Wildman–Crippen MR) is 106 cm³/mol. The highest BCUT2D eigenvalue weighted by Crippen LogP contribution is 2.38. The molecule has 1 aliphatic carbocycles. The summed E-state index contributed by atoms with van der Waals surface area (Å²) >= 11 is 0. The maximum absolute atomic E-state index is 13.2. The lowest BCUT2D eigenvalue weighted by Gasteiger charge is -2.25. The van der Waals surface area contributed by atoms with Gasteiger partial charge < -0.3 is 15.0 Å². The number of aryl methyl sites for hydroxylation is 1. The smallest absolute Gasteiger partial charge is 0.420 e. The lowest BCUT2D eigenvalue weighted by molar-refractivity contribution is -0.138. The van der Waals surface area contributed by atoms with E-state index in [1.807, 2.05) is 0 Å². The largest absolute Gasteiger partial charge is 0.496 e. The predicted octanol–water partition coefficient (Wildman–Crippen LogP) is 3.85. The van der Waals surface area contributed by atoms with Crippen LogP contribution in [0.1, 0.15) is 36.1 Å². The van der Waals surface area contributed by atoms with Gasteiger partial charge in [0.15, 0.2) is 0 Å². The van der Waals surface area contributed by atoms with Gasteiger partial charge in [-0.2, -0.15) is 13.2 Å². The van der Waals surface area contributed by atoms with E-state index in [2.05, 4.69) is 20.2 Å². The van der Waals surface area contributed by atoms with Crippen molar-refractivity contribution in [3.05, 3.63) is 41.2 Å². The molecule has 160 valence electrons. The molecule has 1 fully saturated rings. The van der Waals surface area contributed by atoms with Crippen molar-refractivity contribution in [1.29, 1.82) is 0 Å².